The number of benzene rings is 2. The predicted molar refractivity (Wildman–Crippen MR) is 150 cm³/mol. The van der Waals surface area contributed by atoms with Gasteiger partial charge in [0.15, 0.2) is 0 Å². The van der Waals surface area contributed by atoms with E-state index in [0.717, 1.165) is 17.5 Å². The highest BCUT2D eigenvalue weighted by Crippen LogP contribution is 2.28. The molecule has 37 heavy (non-hydrogen) atoms. The molecule has 1 aliphatic rings. The van der Waals surface area contributed by atoms with Gasteiger partial charge < -0.3 is 20.4 Å². The van der Waals surface area contributed by atoms with Crippen molar-refractivity contribution in [1.82, 2.24) is 20.4 Å². The Balaban J connectivity index is 1.81. The summed E-state index contributed by atoms with van der Waals surface area (Å²) in [7, 11) is 1.71. The van der Waals surface area contributed by atoms with E-state index in [2.05, 4.69) is 22.8 Å². The fourth-order valence-corrected chi connectivity index (χ4v) is 5.42. The summed E-state index contributed by atoms with van der Waals surface area (Å²) in [6.07, 6.45) is 0.732. The first-order valence-corrected chi connectivity index (χ1v) is 14.0. The van der Waals surface area contributed by atoms with Gasteiger partial charge in [-0.15, -0.1) is 11.8 Å². The molecule has 0 aliphatic carbocycles. The van der Waals surface area contributed by atoms with Crippen LogP contribution in [0.3, 0.4) is 0 Å². The Kier molecular flexibility index (Phi) is 10.2. The Bertz CT molecular complexity index is 1040. The number of likely N-dealkylation sites (N-methyl/N-ethyl adjacent to an activating group) is 1. The zero-order valence-corrected chi connectivity index (χ0v) is 23.4. The number of hydrogen-bond donors (Lipinski definition) is 2. The molecule has 3 amide bonds. The topological polar surface area (TPSA) is 81.8 Å². The van der Waals surface area contributed by atoms with Gasteiger partial charge in [-0.3, -0.25) is 14.4 Å². The molecule has 1 aliphatic heterocycles. The van der Waals surface area contributed by atoms with Crippen molar-refractivity contribution in [3.63, 3.8) is 0 Å². The van der Waals surface area contributed by atoms with Gasteiger partial charge in [0.05, 0.1) is 11.9 Å². The van der Waals surface area contributed by atoms with Gasteiger partial charge in [0.1, 0.15) is 12.1 Å². The maximum Gasteiger partial charge on any atom is 0.247 e. The van der Waals surface area contributed by atoms with E-state index in [9.17, 15) is 14.4 Å². The van der Waals surface area contributed by atoms with E-state index in [0.29, 0.717) is 24.7 Å². The van der Waals surface area contributed by atoms with Crippen LogP contribution in [-0.4, -0.2) is 70.9 Å². The third kappa shape index (κ3) is 7.82. The maximum absolute atomic E-state index is 14.0. The molecule has 0 radical (unpaired) electrons. The average molecular weight is 525 g/mol. The molecule has 7 nitrogen and oxygen atoms in total. The summed E-state index contributed by atoms with van der Waals surface area (Å²) in [5.41, 5.74) is 1.70. The molecule has 1 saturated heterocycles. The molecule has 200 valence electrons. The van der Waals surface area contributed by atoms with Crippen LogP contribution in [0.1, 0.15) is 38.8 Å². The molecule has 2 aromatic carbocycles. The first-order valence-electron chi connectivity index (χ1n) is 12.8. The zero-order valence-electron chi connectivity index (χ0n) is 22.6. The van der Waals surface area contributed by atoms with Gasteiger partial charge in [-0.1, -0.05) is 81.4 Å². The van der Waals surface area contributed by atoms with Crippen LogP contribution >= 0.6 is 11.8 Å². The second-order valence-electron chi connectivity index (χ2n) is 10.6. The van der Waals surface area contributed by atoms with Gasteiger partial charge in [-0.25, -0.2) is 0 Å². The zero-order chi connectivity index (χ0) is 27.0. The van der Waals surface area contributed by atoms with E-state index in [-0.39, 0.29) is 17.7 Å². The minimum absolute atomic E-state index is 0.0549. The number of nitrogens with zero attached hydrogens (tertiary/aromatic N) is 2. The number of amides is 3. The lowest BCUT2D eigenvalue weighted by Gasteiger charge is -2.36. The summed E-state index contributed by atoms with van der Waals surface area (Å²) in [4.78, 5) is 44.0. The summed E-state index contributed by atoms with van der Waals surface area (Å²) in [6, 6.07) is 18.3. The minimum atomic E-state index is -0.739. The smallest absolute Gasteiger partial charge is 0.247 e. The second-order valence-corrected chi connectivity index (χ2v) is 11.6. The van der Waals surface area contributed by atoms with E-state index < -0.39 is 23.5 Å². The number of rotatable bonds is 10. The Morgan fingerprint density at radius 2 is 1.62 bits per heavy atom. The van der Waals surface area contributed by atoms with Gasteiger partial charge in [-0.2, -0.15) is 0 Å². The third-order valence-electron chi connectivity index (χ3n) is 6.72. The lowest BCUT2D eigenvalue weighted by molar-refractivity contribution is -0.147. The summed E-state index contributed by atoms with van der Waals surface area (Å²) in [5, 5.41) is 5.85. The fourth-order valence-electron chi connectivity index (χ4n) is 4.27. The Morgan fingerprint density at radius 3 is 2.19 bits per heavy atom. The lowest BCUT2D eigenvalue weighted by atomic mass is 9.85. The molecule has 3 atom stereocenters. The largest absolute Gasteiger partial charge is 0.342 e. The van der Waals surface area contributed by atoms with Crippen LogP contribution in [-0.2, 0) is 27.3 Å². The number of carbonyl (C=O) groups is 3. The highest BCUT2D eigenvalue weighted by molar-refractivity contribution is 7.99. The van der Waals surface area contributed by atoms with Crippen LogP contribution in [0.5, 0.6) is 0 Å². The maximum atomic E-state index is 14.0. The number of carbonyl (C=O) groups excluding carboxylic acids is 3. The summed E-state index contributed by atoms with van der Waals surface area (Å²) < 4.78 is 0. The van der Waals surface area contributed by atoms with Crippen LogP contribution in [0.4, 0.5) is 0 Å². The predicted octanol–water partition coefficient (Wildman–Crippen LogP) is 3.30. The van der Waals surface area contributed by atoms with E-state index in [1.165, 1.54) is 0 Å². The number of nitrogens with one attached hydrogen (secondary N) is 2. The van der Waals surface area contributed by atoms with Crippen LogP contribution in [0.2, 0.25) is 0 Å². The molecule has 0 aromatic heterocycles. The summed E-state index contributed by atoms with van der Waals surface area (Å²) in [6.45, 7) is 8.59. The van der Waals surface area contributed by atoms with Gasteiger partial charge in [0.25, 0.3) is 0 Å². The van der Waals surface area contributed by atoms with Crippen molar-refractivity contribution >= 4 is 29.5 Å². The molecule has 0 unspecified atom stereocenters. The van der Waals surface area contributed by atoms with Crippen molar-refractivity contribution in [1.29, 1.82) is 0 Å². The van der Waals surface area contributed by atoms with E-state index in [1.807, 2.05) is 74.2 Å². The lowest BCUT2D eigenvalue weighted by Crippen LogP contribution is -2.60. The molecule has 2 aromatic rings. The first kappa shape index (κ1) is 28.7. The molecule has 0 saturated carbocycles. The van der Waals surface area contributed by atoms with Crippen molar-refractivity contribution < 1.29 is 14.4 Å². The number of hydrogen-bond acceptors (Lipinski definition) is 5. The van der Waals surface area contributed by atoms with Gasteiger partial charge in [0, 0.05) is 18.8 Å². The van der Waals surface area contributed by atoms with Gasteiger partial charge in [0.2, 0.25) is 17.7 Å². The van der Waals surface area contributed by atoms with Crippen LogP contribution in [0.15, 0.2) is 60.7 Å². The number of thioether (sulfide) groups is 1. The van der Waals surface area contributed by atoms with Crippen LogP contribution < -0.4 is 10.6 Å². The summed E-state index contributed by atoms with van der Waals surface area (Å²) >= 11 is 1.58. The average Bonchev–Trinajstić information content (AvgIpc) is 3.39. The quantitative estimate of drug-likeness (QED) is 0.499. The molecular formula is C29H40N4O3S. The van der Waals surface area contributed by atoms with Crippen LogP contribution in [0.25, 0.3) is 0 Å². The standard InChI is InChI=1S/C29H40N4O3S/c1-21(30-5)26(34)31-25(29(2,3)4)28(36)33-20-37-19-24(33)27(35)32(18-23-14-10-7-11-15-23)17-16-22-12-8-6-9-13-22/h6-15,21,24-25,30H,16-20H2,1-5H3,(H,31,34)/t21-,24-,25+/m0/s1. The van der Waals surface area contributed by atoms with Crippen molar-refractivity contribution in [2.45, 2.75) is 58.8 Å². The van der Waals surface area contributed by atoms with Crippen molar-refractivity contribution in [2.24, 2.45) is 5.41 Å². The van der Waals surface area contributed by atoms with E-state index in [1.54, 1.807) is 30.6 Å². The van der Waals surface area contributed by atoms with Crippen LogP contribution in [0, 0.1) is 5.41 Å². The SMILES string of the molecule is CN[C@@H](C)C(=O)N[C@H](C(=O)N1CSC[C@H]1C(=O)N(CCc1ccccc1)Cc1ccccc1)C(C)(C)C. The molecule has 0 bridgehead atoms. The second kappa shape index (κ2) is 13.1. The van der Waals surface area contributed by atoms with Crippen molar-refractivity contribution in [2.75, 3.05) is 25.2 Å². The molecule has 1 heterocycles. The molecule has 1 fully saturated rings. The Hall–Kier alpha value is -2.84. The highest BCUT2D eigenvalue weighted by atomic mass is 32.2. The molecule has 0 spiro atoms. The molecular weight excluding hydrogens is 484 g/mol. The molecule has 8 heteroatoms. The fraction of sp³-hybridized carbons (Fsp3) is 0.483. The normalized spacial score (nSPS) is 17.2. The van der Waals surface area contributed by atoms with Gasteiger partial charge >= 0.3 is 0 Å². The molecule has 2 N–H and O–H groups in total. The Morgan fingerprint density at radius 1 is 1.03 bits per heavy atom. The van der Waals surface area contributed by atoms with Gasteiger partial charge in [-0.05, 0) is 36.9 Å². The van der Waals surface area contributed by atoms with E-state index in [4.69, 9.17) is 0 Å². The van der Waals surface area contributed by atoms with Crippen molar-refractivity contribution in [3.8, 4) is 0 Å². The third-order valence-corrected chi connectivity index (χ3v) is 7.73. The highest BCUT2D eigenvalue weighted by Gasteiger charge is 2.43. The Labute approximate surface area is 225 Å². The van der Waals surface area contributed by atoms with Crippen molar-refractivity contribution in [3.05, 3.63) is 71.8 Å². The summed E-state index contributed by atoms with van der Waals surface area (Å²) in [5.74, 6) is 0.464. The monoisotopic (exact) mass is 524 g/mol. The van der Waals surface area contributed by atoms with E-state index >= 15 is 0 Å². The first-order chi connectivity index (χ1) is 17.6. The minimum Gasteiger partial charge on any atom is -0.342 e. The molecule has 3 rings (SSSR count).